The summed E-state index contributed by atoms with van der Waals surface area (Å²) in [6.45, 7) is 7.22. The number of nitrogens with zero attached hydrogens (tertiary/aromatic N) is 3. The number of H-pyrrole nitrogens is 1. The van der Waals surface area contributed by atoms with E-state index in [0.29, 0.717) is 24.0 Å². The Morgan fingerprint density at radius 1 is 0.594 bits per heavy atom. The van der Waals surface area contributed by atoms with Crippen LogP contribution in [0.1, 0.15) is 133 Å². The number of aromatic hydroxyl groups is 2. The first-order valence-corrected chi connectivity index (χ1v) is 33.1. The number of phenols is 2. The Balaban J connectivity index is 1.28. The molecule has 0 fully saturated rings. The van der Waals surface area contributed by atoms with Crippen LogP contribution in [-0.4, -0.2) is 177 Å². The summed E-state index contributed by atoms with van der Waals surface area (Å²) >= 11 is 0. The van der Waals surface area contributed by atoms with Crippen LogP contribution in [0.4, 0.5) is 4.39 Å². The van der Waals surface area contributed by atoms with E-state index in [-0.39, 0.29) is 55.0 Å². The molecule has 6 amide bonds. The lowest BCUT2D eigenvalue weighted by Crippen LogP contribution is -2.55. The SMILES string of the molecule is CCc1ccc(CCC[C@H](NC(=O)[C@@H](CC(=O)[C@H](CC(=O)O)NC(=O)[C@H](CO)CC(=O)[C@@H](NC(=O)[C@](C)(CC(=O)[C@@H](NC(=O)CCC(=O)[C@H](Cc2nn[nH]n2)NC(=O)C(C)(C)CC(=O)[C@@H](N)Cc2ccc(O)cc2)[C@@H](C)O)Cc2ccccc2F)[C@@H](C)O)Cc2ccc(O)cc2)C(N)=O)cc1. The fourth-order valence-corrected chi connectivity index (χ4v) is 11.3. The second-order valence-corrected chi connectivity index (χ2v) is 26.5. The molecule has 0 aliphatic rings. The average molecular weight is 1410 g/mol. The van der Waals surface area contributed by atoms with Gasteiger partial charge < -0.3 is 68.7 Å². The van der Waals surface area contributed by atoms with Crippen LogP contribution < -0.4 is 38.1 Å². The molecule has 16 N–H and O–H groups in total. The molecule has 546 valence electrons. The Morgan fingerprint density at radius 2 is 1.15 bits per heavy atom. The fourth-order valence-electron chi connectivity index (χ4n) is 11.3. The molecule has 0 radical (unpaired) electrons. The number of amides is 6. The third-order valence-corrected chi connectivity index (χ3v) is 17.4. The highest BCUT2D eigenvalue weighted by atomic mass is 19.1. The average Bonchev–Trinajstić information content (AvgIpc) is 1.01. The molecule has 101 heavy (non-hydrogen) atoms. The first-order chi connectivity index (χ1) is 47.6. The molecule has 0 bridgehead atoms. The summed E-state index contributed by atoms with van der Waals surface area (Å²) < 4.78 is 15.5. The van der Waals surface area contributed by atoms with Crippen molar-refractivity contribution in [3.63, 3.8) is 0 Å². The predicted octanol–water partition coefficient (Wildman–Crippen LogP) is 1.52. The maximum atomic E-state index is 15.5. The molecule has 0 unspecified atom stereocenters. The second kappa shape index (κ2) is 38.5. The number of benzene rings is 4. The number of aromatic nitrogens is 4. The maximum absolute atomic E-state index is 15.5. The van der Waals surface area contributed by atoms with Crippen LogP contribution in [0.2, 0.25) is 0 Å². The summed E-state index contributed by atoms with van der Waals surface area (Å²) in [6, 6.07) is 15.4. The highest BCUT2D eigenvalue weighted by Crippen LogP contribution is 2.31. The van der Waals surface area contributed by atoms with E-state index in [0.717, 1.165) is 37.5 Å². The molecule has 4 aromatic carbocycles. The van der Waals surface area contributed by atoms with E-state index in [2.05, 4.69) is 47.2 Å². The number of carbonyl (C=O) groups is 12. The normalized spacial score (nSPS) is 15.0. The number of aryl methyl sites for hydroxylation is 2. The summed E-state index contributed by atoms with van der Waals surface area (Å²) in [7, 11) is 0. The van der Waals surface area contributed by atoms with E-state index in [1.54, 1.807) is 12.1 Å². The van der Waals surface area contributed by atoms with Gasteiger partial charge in [-0.25, -0.2) is 4.39 Å². The Kier molecular flexibility index (Phi) is 31.1. The molecule has 0 saturated carbocycles. The van der Waals surface area contributed by atoms with Crippen molar-refractivity contribution < 1.29 is 92.6 Å². The highest BCUT2D eigenvalue weighted by molar-refractivity contribution is 6.00. The minimum atomic E-state index is -2.10. The van der Waals surface area contributed by atoms with Crippen LogP contribution in [0.3, 0.4) is 0 Å². The lowest BCUT2D eigenvalue weighted by Gasteiger charge is -2.33. The minimum Gasteiger partial charge on any atom is -0.508 e. The second-order valence-electron chi connectivity index (χ2n) is 26.5. The summed E-state index contributed by atoms with van der Waals surface area (Å²) in [5.41, 5.74) is 11.5. The zero-order chi connectivity index (χ0) is 74.9. The monoisotopic (exact) mass is 1410 g/mol. The molecular formula is C71H92FN11O18. The number of carbonyl (C=O) groups excluding carboxylic acids is 11. The number of phenolic OH excluding ortho intramolecular Hbond substituents is 2. The van der Waals surface area contributed by atoms with Gasteiger partial charge in [-0.05, 0) is 117 Å². The first kappa shape index (κ1) is 81.6. The molecule has 0 spiro atoms. The molecule has 1 heterocycles. The van der Waals surface area contributed by atoms with Gasteiger partial charge in [0.2, 0.25) is 35.4 Å². The Hall–Kier alpha value is -10.0. The number of nitrogens with two attached hydrogens (primary N) is 2. The molecule has 0 saturated heterocycles. The molecule has 11 atom stereocenters. The molecule has 0 aliphatic heterocycles. The van der Waals surface area contributed by atoms with Crippen molar-refractivity contribution in [1.82, 2.24) is 47.2 Å². The molecular weight excluding hydrogens is 1310 g/mol. The van der Waals surface area contributed by atoms with Gasteiger partial charge in [-0.15, -0.1) is 10.2 Å². The van der Waals surface area contributed by atoms with E-state index in [4.69, 9.17) is 11.5 Å². The number of rotatable bonds is 44. The number of nitrogens with one attached hydrogen (secondary N) is 6. The molecule has 5 rings (SSSR count). The Bertz CT molecular complexity index is 3690. The van der Waals surface area contributed by atoms with Crippen molar-refractivity contribution in [3.05, 3.63) is 137 Å². The number of Topliss-reactive ketones (excluding diaryl/α,β-unsaturated/α-hetero) is 5. The predicted molar refractivity (Wildman–Crippen MR) is 361 cm³/mol. The number of ketones is 5. The minimum absolute atomic E-state index is 0.00963. The molecule has 1 aromatic heterocycles. The maximum Gasteiger partial charge on any atom is 0.305 e. The third kappa shape index (κ3) is 25.9. The lowest BCUT2D eigenvalue weighted by atomic mass is 9.76. The van der Waals surface area contributed by atoms with Gasteiger partial charge >= 0.3 is 5.97 Å². The summed E-state index contributed by atoms with van der Waals surface area (Å²) in [5, 5.41) is 87.7. The first-order valence-electron chi connectivity index (χ1n) is 33.1. The van der Waals surface area contributed by atoms with Crippen molar-refractivity contribution in [2.75, 3.05) is 6.61 Å². The quantitative estimate of drug-likeness (QED) is 0.0263. The van der Waals surface area contributed by atoms with Crippen LogP contribution in [0.15, 0.2) is 97.1 Å². The van der Waals surface area contributed by atoms with E-state index in [1.165, 1.54) is 75.4 Å². The third-order valence-electron chi connectivity index (χ3n) is 17.4. The molecule has 0 aliphatic carbocycles. The van der Waals surface area contributed by atoms with Gasteiger partial charge in [-0.1, -0.05) is 99.6 Å². The number of hydrogen-bond acceptors (Lipinski definition) is 21. The number of primary amides is 1. The topological polar surface area (TPSA) is 493 Å². The highest BCUT2D eigenvalue weighted by Gasteiger charge is 2.43. The van der Waals surface area contributed by atoms with Gasteiger partial charge in [0.05, 0.1) is 60.1 Å². The molecule has 30 heteroatoms. The van der Waals surface area contributed by atoms with Gasteiger partial charge in [0.25, 0.3) is 0 Å². The molecule has 29 nitrogen and oxygen atoms in total. The molecule has 5 aromatic rings. The number of aliphatic carboxylic acids is 1. The number of hydrogen-bond donors (Lipinski definition) is 14. The lowest BCUT2D eigenvalue weighted by molar-refractivity contribution is -0.142. The van der Waals surface area contributed by atoms with Gasteiger partial charge in [0, 0.05) is 50.9 Å². The standard InChI is InChI=1S/C71H92FN11O18/c1-7-41-15-17-42(18-16-41)11-10-14-52(65(74)97)75-66(98)46(29-43-19-23-48(87)24-20-43)31-56(90)54(34-62(95)96)76-67(99)47(38-84)32-57(91)63(39(2)85)79-69(101)71(6,35-45-12-8-9-13-50(45)72)37-59(93)64(40(3)86)78-61(94)28-27-55(89)53(33-60-80-82-83-81-60)77-68(100)70(4,5)36-58(92)51(73)30-44-21-25-49(88)26-22-44/h8-9,12-13,15-26,39-40,46-47,51-54,63-64,84-88H,7,10-11,14,27-38,73H2,1-6H3,(H2,74,97)(H,75,98)(H,76,99)(H,77,100)(H,78,94)(H,79,101)(H,95,96)(H,80,81,82,83)/t39-,40-,46-,47+,51+,52+,53+,54+,63+,64+,71+/m1/s1. The zero-order valence-corrected chi connectivity index (χ0v) is 57.3. The van der Waals surface area contributed by atoms with Crippen LogP contribution in [0.5, 0.6) is 11.5 Å². The van der Waals surface area contributed by atoms with Gasteiger partial charge in [0.1, 0.15) is 35.4 Å². The van der Waals surface area contributed by atoms with Crippen molar-refractivity contribution in [3.8, 4) is 11.5 Å². The fraction of sp³-hybridized carbons (Fsp3) is 0.479. The summed E-state index contributed by atoms with van der Waals surface area (Å²) in [6.07, 6.45) is -7.84. The smallest absolute Gasteiger partial charge is 0.305 e. The summed E-state index contributed by atoms with van der Waals surface area (Å²) in [5.74, 6) is -15.8. The van der Waals surface area contributed by atoms with Crippen molar-refractivity contribution in [1.29, 1.82) is 0 Å². The number of aliphatic hydroxyl groups is 3. The number of carboxylic acids is 1. The van der Waals surface area contributed by atoms with Crippen molar-refractivity contribution in [2.45, 2.75) is 186 Å². The Labute approximate surface area is 583 Å². The zero-order valence-electron chi connectivity index (χ0n) is 57.3. The van der Waals surface area contributed by atoms with E-state index >= 15 is 4.39 Å². The number of carboxylic acid groups (broad SMARTS) is 1. The largest absolute Gasteiger partial charge is 0.508 e. The number of aromatic amines is 1. The van der Waals surface area contributed by atoms with Crippen LogP contribution in [0, 0.1) is 28.5 Å². The van der Waals surface area contributed by atoms with Gasteiger partial charge in [-0.3, -0.25) is 57.5 Å². The van der Waals surface area contributed by atoms with Gasteiger partial charge in [-0.2, -0.15) is 5.21 Å². The van der Waals surface area contributed by atoms with Crippen molar-refractivity contribution in [2.24, 2.45) is 34.1 Å². The van der Waals surface area contributed by atoms with E-state index < -0.39 is 199 Å². The van der Waals surface area contributed by atoms with E-state index in [1.807, 2.05) is 31.2 Å². The van der Waals surface area contributed by atoms with Crippen molar-refractivity contribution >= 4 is 70.3 Å². The van der Waals surface area contributed by atoms with Crippen LogP contribution >= 0.6 is 0 Å². The van der Waals surface area contributed by atoms with Crippen LogP contribution in [0.25, 0.3) is 0 Å². The van der Waals surface area contributed by atoms with Crippen LogP contribution in [-0.2, 0) is 96.1 Å². The summed E-state index contributed by atoms with van der Waals surface area (Å²) in [4.78, 5) is 165. The number of halogens is 1. The number of aliphatic hydroxyl groups excluding tert-OH is 3. The van der Waals surface area contributed by atoms with E-state index in [9.17, 15) is 88.2 Å². The number of tetrazole rings is 1. The Morgan fingerprint density at radius 3 is 1.70 bits per heavy atom. The van der Waals surface area contributed by atoms with Gasteiger partial charge in [0.15, 0.2) is 34.7 Å².